The fourth-order valence-electron chi connectivity index (χ4n) is 2.80. The molecule has 1 aromatic rings. The van der Waals surface area contributed by atoms with Crippen LogP contribution in [-0.4, -0.2) is 23.3 Å². The molecule has 2 rings (SSSR count). The molecule has 5 heteroatoms. The average molecular weight is 281 g/mol. The smallest absolute Gasteiger partial charge is 0.226 e. The third-order valence-corrected chi connectivity index (χ3v) is 4.33. The molecule has 0 bridgehead atoms. The standard InChI is InChI=1S/C15H27N3O2/c1-3-12(8-10-16)6-7-13-17-14(18-20-13)15(2)9-4-5-11-19-15/h12H,3-11,16H2,1-2H3. The highest BCUT2D eigenvalue weighted by atomic mass is 16.5. The minimum atomic E-state index is -0.360. The van der Waals surface area contributed by atoms with Crippen molar-refractivity contribution in [3.05, 3.63) is 11.7 Å². The maximum atomic E-state index is 5.85. The van der Waals surface area contributed by atoms with Gasteiger partial charge >= 0.3 is 0 Å². The highest BCUT2D eigenvalue weighted by Gasteiger charge is 2.34. The van der Waals surface area contributed by atoms with Gasteiger partial charge in [-0.15, -0.1) is 0 Å². The molecule has 2 unspecified atom stereocenters. The minimum absolute atomic E-state index is 0.360. The van der Waals surface area contributed by atoms with Gasteiger partial charge < -0.3 is 15.0 Å². The zero-order chi connectivity index (χ0) is 14.4. The molecular weight excluding hydrogens is 254 g/mol. The number of aromatic nitrogens is 2. The van der Waals surface area contributed by atoms with Crippen molar-refractivity contribution >= 4 is 0 Å². The van der Waals surface area contributed by atoms with E-state index in [9.17, 15) is 0 Å². The predicted octanol–water partition coefficient (Wildman–Crippen LogP) is 2.79. The van der Waals surface area contributed by atoms with Crippen LogP contribution in [-0.2, 0) is 16.8 Å². The van der Waals surface area contributed by atoms with Gasteiger partial charge in [0.25, 0.3) is 0 Å². The fourth-order valence-corrected chi connectivity index (χ4v) is 2.80. The maximum absolute atomic E-state index is 5.85. The van der Waals surface area contributed by atoms with Gasteiger partial charge in [0.15, 0.2) is 0 Å². The van der Waals surface area contributed by atoms with Crippen molar-refractivity contribution in [3.8, 4) is 0 Å². The van der Waals surface area contributed by atoms with Gasteiger partial charge in [-0.1, -0.05) is 18.5 Å². The lowest BCUT2D eigenvalue weighted by Gasteiger charge is -2.30. The summed E-state index contributed by atoms with van der Waals surface area (Å²) in [5.74, 6) is 2.09. The Bertz CT molecular complexity index is 400. The van der Waals surface area contributed by atoms with Gasteiger partial charge in [-0.2, -0.15) is 4.98 Å². The molecule has 5 nitrogen and oxygen atoms in total. The molecule has 1 aliphatic rings. The van der Waals surface area contributed by atoms with Gasteiger partial charge in [0.05, 0.1) is 0 Å². The largest absolute Gasteiger partial charge is 0.367 e. The zero-order valence-corrected chi connectivity index (χ0v) is 12.7. The van der Waals surface area contributed by atoms with E-state index in [0.29, 0.717) is 11.7 Å². The monoisotopic (exact) mass is 281 g/mol. The Balaban J connectivity index is 1.91. The molecule has 0 aliphatic carbocycles. The van der Waals surface area contributed by atoms with Crippen LogP contribution in [0.25, 0.3) is 0 Å². The van der Waals surface area contributed by atoms with Crippen LogP contribution in [0.1, 0.15) is 64.1 Å². The second-order valence-electron chi connectivity index (χ2n) is 5.94. The second-order valence-corrected chi connectivity index (χ2v) is 5.94. The normalized spacial score (nSPS) is 24.8. The molecule has 2 heterocycles. The lowest BCUT2D eigenvalue weighted by molar-refractivity contribution is -0.0770. The van der Waals surface area contributed by atoms with Gasteiger partial charge in [-0.3, -0.25) is 0 Å². The molecule has 0 saturated carbocycles. The van der Waals surface area contributed by atoms with Crippen LogP contribution in [0.4, 0.5) is 0 Å². The number of nitrogens with zero attached hydrogens (tertiary/aromatic N) is 2. The number of aryl methyl sites for hydroxylation is 1. The molecular formula is C15H27N3O2. The summed E-state index contributed by atoms with van der Waals surface area (Å²) in [6.07, 6.45) is 7.37. The highest BCUT2D eigenvalue weighted by molar-refractivity contribution is 5.00. The van der Waals surface area contributed by atoms with E-state index < -0.39 is 0 Å². The SMILES string of the molecule is CCC(CCN)CCc1nc(C2(C)CCCCO2)no1. The number of hydrogen-bond donors (Lipinski definition) is 1. The number of rotatable bonds is 7. The van der Waals surface area contributed by atoms with E-state index in [4.69, 9.17) is 15.0 Å². The van der Waals surface area contributed by atoms with Crippen LogP contribution in [0, 0.1) is 5.92 Å². The summed E-state index contributed by atoms with van der Waals surface area (Å²) in [6.45, 7) is 5.80. The number of nitrogens with two attached hydrogens (primary N) is 1. The molecule has 1 aliphatic heterocycles. The summed E-state index contributed by atoms with van der Waals surface area (Å²) >= 11 is 0. The third kappa shape index (κ3) is 3.79. The Morgan fingerprint density at radius 1 is 1.35 bits per heavy atom. The fraction of sp³-hybridized carbons (Fsp3) is 0.867. The molecule has 0 aromatic carbocycles. The van der Waals surface area contributed by atoms with E-state index in [1.165, 1.54) is 0 Å². The van der Waals surface area contributed by atoms with E-state index in [1.54, 1.807) is 0 Å². The number of hydrogen-bond acceptors (Lipinski definition) is 5. The average Bonchev–Trinajstić information content (AvgIpc) is 2.94. The second kappa shape index (κ2) is 7.18. The summed E-state index contributed by atoms with van der Waals surface area (Å²) in [6, 6.07) is 0. The first-order chi connectivity index (χ1) is 9.68. The van der Waals surface area contributed by atoms with Gasteiger partial charge in [-0.05, 0) is 51.5 Å². The molecule has 0 radical (unpaired) electrons. The van der Waals surface area contributed by atoms with Crippen molar-refractivity contribution in [2.45, 2.75) is 64.4 Å². The number of ether oxygens (including phenoxy) is 1. The van der Waals surface area contributed by atoms with E-state index in [1.807, 2.05) is 0 Å². The Labute approximate surface area is 121 Å². The Kier molecular flexibility index (Phi) is 5.54. The quantitative estimate of drug-likeness (QED) is 0.832. The molecule has 20 heavy (non-hydrogen) atoms. The first-order valence-electron chi connectivity index (χ1n) is 7.85. The van der Waals surface area contributed by atoms with Crippen molar-refractivity contribution in [1.29, 1.82) is 0 Å². The van der Waals surface area contributed by atoms with Gasteiger partial charge in [-0.25, -0.2) is 0 Å². The van der Waals surface area contributed by atoms with Gasteiger partial charge in [0.2, 0.25) is 11.7 Å². The van der Waals surface area contributed by atoms with Crippen molar-refractivity contribution in [2.75, 3.05) is 13.2 Å². The molecule has 2 atom stereocenters. The van der Waals surface area contributed by atoms with E-state index >= 15 is 0 Å². The molecule has 1 saturated heterocycles. The molecule has 1 fully saturated rings. The van der Waals surface area contributed by atoms with Crippen LogP contribution in [0.15, 0.2) is 4.52 Å². The zero-order valence-electron chi connectivity index (χ0n) is 12.7. The summed E-state index contributed by atoms with van der Waals surface area (Å²) in [5, 5.41) is 4.13. The third-order valence-electron chi connectivity index (χ3n) is 4.33. The van der Waals surface area contributed by atoms with Crippen LogP contribution in [0.5, 0.6) is 0 Å². The van der Waals surface area contributed by atoms with Crippen molar-refractivity contribution in [1.82, 2.24) is 10.1 Å². The van der Waals surface area contributed by atoms with Crippen LogP contribution in [0.2, 0.25) is 0 Å². The molecule has 114 valence electrons. The molecule has 1 aromatic heterocycles. The lowest BCUT2D eigenvalue weighted by Crippen LogP contribution is -2.31. The first kappa shape index (κ1) is 15.4. The Morgan fingerprint density at radius 2 is 2.20 bits per heavy atom. The summed E-state index contributed by atoms with van der Waals surface area (Å²) < 4.78 is 11.2. The van der Waals surface area contributed by atoms with Gasteiger partial charge in [0, 0.05) is 13.0 Å². The molecule has 0 spiro atoms. The highest BCUT2D eigenvalue weighted by Crippen LogP contribution is 2.32. The van der Waals surface area contributed by atoms with Crippen molar-refractivity contribution in [2.24, 2.45) is 11.7 Å². The van der Waals surface area contributed by atoms with Crippen molar-refractivity contribution < 1.29 is 9.26 Å². The van der Waals surface area contributed by atoms with Crippen LogP contribution < -0.4 is 5.73 Å². The summed E-state index contributed by atoms with van der Waals surface area (Å²) in [5.41, 5.74) is 5.27. The van der Waals surface area contributed by atoms with Gasteiger partial charge in [0.1, 0.15) is 5.60 Å². The lowest BCUT2D eigenvalue weighted by atomic mass is 9.95. The van der Waals surface area contributed by atoms with Crippen LogP contribution >= 0.6 is 0 Å². The van der Waals surface area contributed by atoms with E-state index in [2.05, 4.69) is 24.0 Å². The first-order valence-corrected chi connectivity index (χ1v) is 7.85. The van der Waals surface area contributed by atoms with Crippen LogP contribution in [0.3, 0.4) is 0 Å². The van der Waals surface area contributed by atoms with E-state index in [0.717, 1.165) is 64.0 Å². The maximum Gasteiger partial charge on any atom is 0.226 e. The predicted molar refractivity (Wildman–Crippen MR) is 77.2 cm³/mol. The summed E-state index contributed by atoms with van der Waals surface area (Å²) in [4.78, 5) is 4.54. The Morgan fingerprint density at radius 3 is 2.85 bits per heavy atom. The molecule has 2 N–H and O–H groups in total. The van der Waals surface area contributed by atoms with Crippen molar-refractivity contribution in [3.63, 3.8) is 0 Å². The summed E-state index contributed by atoms with van der Waals surface area (Å²) in [7, 11) is 0. The Hall–Kier alpha value is -0.940. The molecule has 0 amide bonds. The van der Waals surface area contributed by atoms with E-state index in [-0.39, 0.29) is 5.60 Å². The minimum Gasteiger partial charge on any atom is -0.367 e. The topological polar surface area (TPSA) is 74.2 Å².